The smallest absolute Gasteiger partial charge is 0.397 e. The van der Waals surface area contributed by atoms with Gasteiger partial charge in [0.15, 0.2) is 0 Å². The number of nitrogens with zero attached hydrogens (tertiary/aromatic N) is 12. The number of rotatable bonds is 22. The normalized spacial score (nSPS) is 18.8. The van der Waals surface area contributed by atoms with Gasteiger partial charge in [-0.1, -0.05) is 70.1 Å². The van der Waals surface area contributed by atoms with Crippen LogP contribution in [0.3, 0.4) is 0 Å². The van der Waals surface area contributed by atoms with Gasteiger partial charge in [-0.15, -0.1) is 0 Å². The van der Waals surface area contributed by atoms with Gasteiger partial charge < -0.3 is 47.6 Å². The van der Waals surface area contributed by atoms with Gasteiger partial charge >= 0.3 is 20.8 Å². The van der Waals surface area contributed by atoms with E-state index in [1.165, 1.54) is 0 Å². The highest BCUT2D eigenvalue weighted by atomic mass is 32.3. The zero-order valence-electron chi connectivity index (χ0n) is 59.4. The third-order valence-electron chi connectivity index (χ3n) is 19.5. The van der Waals surface area contributed by atoms with Crippen molar-refractivity contribution >= 4 is 38.5 Å². The number of aliphatic hydroxyl groups excluding tert-OH is 1. The zero-order chi connectivity index (χ0) is 76.5. The zero-order valence-corrected chi connectivity index (χ0v) is 61.1. The van der Waals surface area contributed by atoms with Crippen molar-refractivity contribution in [1.82, 2.24) is 45.1 Å². The second-order valence-electron chi connectivity index (χ2n) is 27.5. The van der Waals surface area contributed by atoms with Crippen molar-refractivity contribution in [2.24, 2.45) is 17.8 Å². The number of β-amino-alcohol motifs (C(OH)–C–C–N with tert-alkyl or cyclic N) is 1. The van der Waals surface area contributed by atoms with Gasteiger partial charge in [-0.3, -0.25) is 23.5 Å². The first-order valence-electron chi connectivity index (χ1n) is 35.0. The van der Waals surface area contributed by atoms with Crippen LogP contribution in [0.5, 0.6) is 17.2 Å². The second-order valence-corrected chi connectivity index (χ2v) is 29.7. The molecule has 3 N–H and O–H groups in total. The van der Waals surface area contributed by atoms with Gasteiger partial charge in [-0.05, 0) is 173 Å². The summed E-state index contributed by atoms with van der Waals surface area (Å²) >= 11 is 0. The van der Waals surface area contributed by atoms with E-state index in [1.807, 2.05) is 90.1 Å². The lowest BCUT2D eigenvalue weighted by Gasteiger charge is -2.34. The van der Waals surface area contributed by atoms with Gasteiger partial charge in [0.2, 0.25) is 35.2 Å². The van der Waals surface area contributed by atoms with Gasteiger partial charge in [0, 0.05) is 72.3 Å². The Morgan fingerprint density at radius 3 is 1.15 bits per heavy atom. The number of benzene rings is 6. The second kappa shape index (κ2) is 31.3. The SMILES string of the molecule is CC(C)Oc1ccc(-c2nc(-c3cccc4c3CC[C@H]3CC(=O)N(CCO)[C@@H]43)no2)cc1C#N.CC(C)Oc1ccc(-c2nc(-c3cccc4c3C[C@@H]3CC(=O)N(CCOS(=O)(=O)O)[C@H]43)no2)cc1C#N.CC(C)Oc1ccc(-c2nc(-c3cccc4c3C[C@H]3CC(=O)N(CCOS(=O)(=O)O)[C@@H]43)no2)cc1C#N. The van der Waals surface area contributed by atoms with E-state index in [1.54, 1.807) is 69.3 Å². The number of carbonyl (C=O) groups is 3. The van der Waals surface area contributed by atoms with E-state index in [9.17, 15) is 52.1 Å². The van der Waals surface area contributed by atoms with Crippen LogP contribution in [0.1, 0.15) is 135 Å². The molecule has 3 amide bonds. The molecule has 0 saturated carbocycles. The molecule has 558 valence electrons. The van der Waals surface area contributed by atoms with Crippen molar-refractivity contribution in [2.75, 3.05) is 39.5 Å². The highest BCUT2D eigenvalue weighted by Gasteiger charge is 2.49. The summed E-state index contributed by atoms with van der Waals surface area (Å²) in [6, 6.07) is 38.8. The summed E-state index contributed by atoms with van der Waals surface area (Å²) in [5.41, 5.74) is 11.5. The summed E-state index contributed by atoms with van der Waals surface area (Å²) in [5, 5.41) is 50.6. The van der Waals surface area contributed by atoms with Crippen molar-refractivity contribution in [2.45, 2.75) is 123 Å². The Morgan fingerprint density at radius 1 is 0.472 bits per heavy atom. The van der Waals surface area contributed by atoms with Crippen LogP contribution in [0.2, 0.25) is 0 Å². The Hall–Kier alpha value is -11.3. The Labute approximate surface area is 621 Å². The molecule has 0 bridgehead atoms. The lowest BCUT2D eigenvalue weighted by molar-refractivity contribution is -0.130. The largest absolute Gasteiger partial charge is 0.490 e. The van der Waals surface area contributed by atoms with E-state index in [4.69, 9.17) is 36.9 Å². The number of aromatic nitrogens is 6. The Kier molecular flexibility index (Phi) is 21.7. The number of aliphatic hydroxyl groups is 1. The topological polar surface area (TPSA) is 424 Å². The number of nitriles is 3. The number of amides is 3. The molecule has 3 aliphatic carbocycles. The minimum absolute atomic E-state index is 0.0208. The molecule has 3 aliphatic heterocycles. The number of ether oxygens (including phenoxy) is 3. The maximum atomic E-state index is 12.6. The average Bonchev–Trinajstić information content (AvgIpc) is 1.59. The van der Waals surface area contributed by atoms with Crippen LogP contribution in [0.25, 0.3) is 68.5 Å². The van der Waals surface area contributed by atoms with Gasteiger partial charge in [-0.2, -0.15) is 47.6 Å². The molecule has 9 aromatic rings. The molecule has 0 spiro atoms. The first kappa shape index (κ1) is 75.0. The minimum atomic E-state index is -4.58. The van der Waals surface area contributed by atoms with Gasteiger partial charge in [0.25, 0.3) is 17.7 Å². The molecule has 0 radical (unpaired) electrons. The van der Waals surface area contributed by atoms with E-state index in [0.29, 0.717) is 113 Å². The van der Waals surface area contributed by atoms with Crippen LogP contribution >= 0.6 is 0 Å². The predicted octanol–water partition coefficient (Wildman–Crippen LogP) is 10.5. The summed E-state index contributed by atoms with van der Waals surface area (Å²) in [6.45, 7) is 11.1. The number of hydrogen-bond donors (Lipinski definition) is 3. The van der Waals surface area contributed by atoms with Crippen LogP contribution in [0, 0.1) is 51.7 Å². The lowest BCUT2D eigenvalue weighted by atomic mass is 9.78. The number of fused-ring (bicyclic) bond motifs is 9. The van der Waals surface area contributed by atoms with Crippen molar-refractivity contribution < 1.29 is 81.6 Å². The molecule has 3 fully saturated rings. The lowest BCUT2D eigenvalue weighted by Crippen LogP contribution is -2.33. The fraction of sp³-hybridized carbons (Fsp3) is 0.368. The minimum Gasteiger partial charge on any atom is -0.490 e. The maximum Gasteiger partial charge on any atom is 0.397 e. The third-order valence-corrected chi connectivity index (χ3v) is 20.4. The molecule has 32 heteroatoms. The summed E-state index contributed by atoms with van der Waals surface area (Å²) in [5.74, 6) is 3.80. The molecule has 108 heavy (non-hydrogen) atoms. The Morgan fingerprint density at radius 2 is 0.806 bits per heavy atom. The third kappa shape index (κ3) is 15.9. The first-order chi connectivity index (χ1) is 51.8. The van der Waals surface area contributed by atoms with Gasteiger partial charge in [0.05, 0.1) is 72.9 Å². The predicted molar refractivity (Wildman–Crippen MR) is 382 cm³/mol. The number of likely N-dealkylation sites (tertiary alicyclic amines) is 3. The summed E-state index contributed by atoms with van der Waals surface area (Å²) in [4.78, 5) is 56.5. The summed E-state index contributed by atoms with van der Waals surface area (Å²) in [7, 11) is -9.16. The van der Waals surface area contributed by atoms with Crippen LogP contribution in [0.15, 0.2) is 123 Å². The van der Waals surface area contributed by atoms with Crippen LogP contribution in [-0.4, -0.2) is 152 Å². The van der Waals surface area contributed by atoms with E-state index >= 15 is 0 Å². The van der Waals surface area contributed by atoms with Crippen molar-refractivity contribution in [3.63, 3.8) is 0 Å². The number of hydrogen-bond acceptors (Lipinski definition) is 25. The molecule has 3 saturated heterocycles. The molecule has 6 atom stereocenters. The molecule has 30 nitrogen and oxygen atoms in total. The fourth-order valence-electron chi connectivity index (χ4n) is 15.4. The molecule has 6 aliphatic rings. The van der Waals surface area contributed by atoms with Gasteiger partial charge in [0.1, 0.15) is 35.5 Å². The molecule has 6 heterocycles. The van der Waals surface area contributed by atoms with E-state index in [0.717, 1.165) is 62.9 Å². The number of carbonyl (C=O) groups excluding carboxylic acids is 3. The molecular formula is C76H74N12O18S2. The maximum absolute atomic E-state index is 12.6. The Bertz CT molecular complexity index is 5100. The van der Waals surface area contributed by atoms with E-state index in [2.05, 4.69) is 63.1 Å². The standard InChI is InChI=1S/C26H26N4O4.2C25H24N4O7S/c1-15(2)33-22-9-7-17(12-18(22)14-27)26-28-25(29-34-26)21-5-3-4-20-19(21)8-6-16-13-23(32)30(10-11-31)24(16)20;2*1-14(2)35-21-7-6-15(10-17(21)13-26)25-27-24(28-36-25)19-5-3-4-18-20(19)11-16-12-22(30)29(23(16)18)8-9-34-37(31,32)33/h3-5,7,9,12,15-16,24,31H,6,8,10-11,13H2,1-2H3;2*3-7,10,14,16,23H,8-9,11-12H2,1-2H3,(H,31,32,33)/t16-,24+;2*16-,23+/m010/s1. The summed E-state index contributed by atoms with van der Waals surface area (Å²) in [6.07, 6.45) is 3.96. The molecule has 6 aromatic carbocycles. The van der Waals surface area contributed by atoms with Crippen LogP contribution < -0.4 is 14.2 Å². The average molecular weight is 1510 g/mol. The van der Waals surface area contributed by atoms with Gasteiger partial charge in [-0.25, -0.2) is 8.37 Å². The van der Waals surface area contributed by atoms with Crippen LogP contribution in [0.4, 0.5) is 0 Å². The highest BCUT2D eigenvalue weighted by Crippen LogP contribution is 2.52. The molecular weight excluding hydrogens is 1430 g/mol. The Balaban J connectivity index is 0.000000143. The van der Waals surface area contributed by atoms with Crippen molar-refractivity contribution in [3.8, 4) is 104 Å². The van der Waals surface area contributed by atoms with Crippen LogP contribution in [-0.2, 0) is 62.8 Å². The monoisotopic (exact) mass is 1510 g/mol. The van der Waals surface area contributed by atoms with Crippen molar-refractivity contribution in [1.29, 1.82) is 15.8 Å². The molecule has 3 aromatic heterocycles. The molecule has 15 rings (SSSR count). The van der Waals surface area contributed by atoms with E-state index < -0.39 is 20.8 Å². The molecule has 0 unspecified atom stereocenters. The summed E-state index contributed by atoms with van der Waals surface area (Å²) < 4.78 is 104. The quantitative estimate of drug-likeness (QED) is 0.0531. The van der Waals surface area contributed by atoms with E-state index in [-0.39, 0.29) is 117 Å². The van der Waals surface area contributed by atoms with Crippen molar-refractivity contribution in [3.05, 3.63) is 159 Å². The highest BCUT2D eigenvalue weighted by molar-refractivity contribution is 7.81. The fourth-order valence-corrected chi connectivity index (χ4v) is 16.0. The first-order valence-corrected chi connectivity index (χ1v) is 37.8.